The van der Waals surface area contributed by atoms with Crippen LogP contribution in [0, 0.1) is 10.1 Å². The van der Waals surface area contributed by atoms with Crippen molar-refractivity contribution in [2.75, 3.05) is 0 Å². The Morgan fingerprint density at radius 3 is 2.78 bits per heavy atom. The minimum Gasteiger partial charge on any atom is -0.481 e. The molecule has 0 spiro atoms. The van der Waals surface area contributed by atoms with E-state index in [4.69, 9.17) is 5.11 Å². The number of carboxylic acids is 1. The van der Waals surface area contributed by atoms with E-state index in [9.17, 15) is 14.9 Å². The smallest absolute Gasteiger partial charge is 0.309 e. The molecular weight excluding hydrogens is 236 g/mol. The van der Waals surface area contributed by atoms with Crippen LogP contribution in [0.15, 0.2) is 42.6 Å². The molecule has 0 bridgehead atoms. The zero-order valence-electron chi connectivity index (χ0n) is 9.31. The van der Waals surface area contributed by atoms with Crippen LogP contribution >= 0.6 is 0 Å². The normalized spacial score (nSPS) is 10.2. The summed E-state index contributed by atoms with van der Waals surface area (Å²) in [5.74, 6) is -0.944. The number of nitro benzene ring substituents is 1. The summed E-state index contributed by atoms with van der Waals surface area (Å²) in [4.78, 5) is 20.9. The number of benzene rings is 1. The minimum absolute atomic E-state index is 0.0255. The van der Waals surface area contributed by atoms with Crippen LogP contribution in [-0.2, 0) is 11.2 Å². The van der Waals surface area contributed by atoms with Crippen LogP contribution in [0.25, 0.3) is 5.69 Å². The molecule has 0 fully saturated rings. The maximum atomic E-state index is 10.7. The van der Waals surface area contributed by atoms with E-state index in [0.29, 0.717) is 11.4 Å². The molecule has 1 aromatic carbocycles. The fraction of sp³-hybridized carbons (Fsp3) is 0.0833. The third-order valence-corrected chi connectivity index (χ3v) is 2.48. The lowest BCUT2D eigenvalue weighted by Gasteiger charge is -2.07. The van der Waals surface area contributed by atoms with Crippen LogP contribution in [0.3, 0.4) is 0 Å². The highest BCUT2D eigenvalue weighted by molar-refractivity contribution is 5.70. The Morgan fingerprint density at radius 2 is 2.11 bits per heavy atom. The SMILES string of the molecule is O=C(O)Cc1cccn1-c1cccc([N+](=O)[O-])c1. The van der Waals surface area contributed by atoms with Gasteiger partial charge in [0.25, 0.3) is 5.69 Å². The number of carboxylic acid groups (broad SMARTS) is 1. The summed E-state index contributed by atoms with van der Waals surface area (Å²) < 4.78 is 1.63. The van der Waals surface area contributed by atoms with Gasteiger partial charge in [-0.2, -0.15) is 0 Å². The average molecular weight is 246 g/mol. The van der Waals surface area contributed by atoms with Gasteiger partial charge < -0.3 is 9.67 Å². The first-order valence-electron chi connectivity index (χ1n) is 5.21. The third kappa shape index (κ3) is 2.37. The summed E-state index contributed by atoms with van der Waals surface area (Å²) in [6, 6.07) is 9.44. The first-order valence-corrected chi connectivity index (χ1v) is 5.21. The minimum atomic E-state index is -0.944. The van der Waals surface area contributed by atoms with E-state index in [1.165, 1.54) is 12.1 Å². The second-order valence-corrected chi connectivity index (χ2v) is 3.72. The molecule has 2 rings (SSSR count). The van der Waals surface area contributed by atoms with E-state index in [1.807, 2.05) is 0 Å². The molecule has 0 saturated heterocycles. The highest BCUT2D eigenvalue weighted by Crippen LogP contribution is 2.19. The monoisotopic (exact) mass is 246 g/mol. The van der Waals surface area contributed by atoms with Crippen molar-refractivity contribution in [3.63, 3.8) is 0 Å². The predicted octanol–water partition coefficient (Wildman–Crippen LogP) is 2.01. The summed E-state index contributed by atoms with van der Waals surface area (Å²) in [5, 5.41) is 19.5. The van der Waals surface area contributed by atoms with E-state index in [0.717, 1.165) is 0 Å². The van der Waals surface area contributed by atoms with Gasteiger partial charge in [0, 0.05) is 24.0 Å². The first-order chi connectivity index (χ1) is 8.58. The third-order valence-electron chi connectivity index (χ3n) is 2.48. The zero-order valence-corrected chi connectivity index (χ0v) is 9.31. The van der Waals surface area contributed by atoms with Gasteiger partial charge in [-0.05, 0) is 18.2 Å². The van der Waals surface area contributed by atoms with Gasteiger partial charge in [0.1, 0.15) is 0 Å². The number of rotatable bonds is 4. The predicted molar refractivity (Wildman–Crippen MR) is 63.8 cm³/mol. The van der Waals surface area contributed by atoms with Gasteiger partial charge in [-0.1, -0.05) is 6.07 Å². The molecule has 0 aliphatic heterocycles. The molecule has 0 aliphatic rings. The number of aromatic nitrogens is 1. The highest BCUT2D eigenvalue weighted by atomic mass is 16.6. The van der Waals surface area contributed by atoms with Crippen LogP contribution in [-0.4, -0.2) is 20.6 Å². The van der Waals surface area contributed by atoms with Crippen molar-refractivity contribution in [2.24, 2.45) is 0 Å². The number of carbonyl (C=O) groups is 1. The molecule has 0 radical (unpaired) electrons. The average Bonchev–Trinajstić information content (AvgIpc) is 2.76. The molecule has 0 aliphatic carbocycles. The van der Waals surface area contributed by atoms with Crippen molar-refractivity contribution < 1.29 is 14.8 Å². The second kappa shape index (κ2) is 4.70. The Morgan fingerprint density at radius 1 is 1.33 bits per heavy atom. The van der Waals surface area contributed by atoms with Gasteiger partial charge in [0.15, 0.2) is 0 Å². The van der Waals surface area contributed by atoms with Gasteiger partial charge in [0.05, 0.1) is 17.0 Å². The van der Waals surface area contributed by atoms with Gasteiger partial charge >= 0.3 is 5.97 Å². The van der Waals surface area contributed by atoms with Gasteiger partial charge in [0.2, 0.25) is 0 Å². The van der Waals surface area contributed by atoms with Crippen LogP contribution < -0.4 is 0 Å². The molecule has 1 heterocycles. The fourth-order valence-electron chi connectivity index (χ4n) is 1.72. The quantitative estimate of drug-likeness (QED) is 0.660. The number of aliphatic carboxylic acids is 1. The van der Waals surface area contributed by atoms with Gasteiger partial charge in [-0.15, -0.1) is 0 Å². The molecule has 0 amide bonds. The number of nitrogens with zero attached hydrogens (tertiary/aromatic N) is 2. The summed E-state index contributed by atoms with van der Waals surface area (Å²) in [5.41, 5.74) is 1.12. The second-order valence-electron chi connectivity index (χ2n) is 3.72. The Bertz CT molecular complexity index is 604. The van der Waals surface area contributed by atoms with Crippen LogP contribution in [0.2, 0.25) is 0 Å². The van der Waals surface area contributed by atoms with E-state index < -0.39 is 10.9 Å². The molecule has 6 heteroatoms. The molecule has 6 nitrogen and oxygen atoms in total. The van der Waals surface area contributed by atoms with E-state index >= 15 is 0 Å². The van der Waals surface area contributed by atoms with E-state index in [1.54, 1.807) is 35.0 Å². The van der Waals surface area contributed by atoms with Crippen LogP contribution in [0.1, 0.15) is 5.69 Å². The molecule has 0 saturated carbocycles. The maximum absolute atomic E-state index is 10.7. The molecule has 2 aromatic rings. The Kier molecular flexibility index (Phi) is 3.09. The number of nitro groups is 1. The number of hydrogen-bond acceptors (Lipinski definition) is 3. The number of non-ortho nitro benzene ring substituents is 1. The zero-order chi connectivity index (χ0) is 13.1. The van der Waals surface area contributed by atoms with Crippen molar-refractivity contribution in [3.05, 3.63) is 58.4 Å². The molecule has 18 heavy (non-hydrogen) atoms. The van der Waals surface area contributed by atoms with Gasteiger partial charge in [-0.25, -0.2) is 0 Å². The lowest BCUT2D eigenvalue weighted by molar-refractivity contribution is -0.384. The lowest BCUT2D eigenvalue weighted by Crippen LogP contribution is -2.06. The molecule has 1 aromatic heterocycles. The van der Waals surface area contributed by atoms with Crippen molar-refractivity contribution in [3.8, 4) is 5.69 Å². The Balaban J connectivity index is 2.42. The summed E-state index contributed by atoms with van der Waals surface area (Å²) in [6.07, 6.45) is 1.55. The first kappa shape index (κ1) is 11.8. The Hall–Kier alpha value is -2.63. The van der Waals surface area contributed by atoms with Crippen LogP contribution in [0.5, 0.6) is 0 Å². The largest absolute Gasteiger partial charge is 0.481 e. The van der Waals surface area contributed by atoms with Gasteiger partial charge in [-0.3, -0.25) is 14.9 Å². The van der Waals surface area contributed by atoms with Crippen molar-refractivity contribution in [1.82, 2.24) is 4.57 Å². The van der Waals surface area contributed by atoms with E-state index in [-0.39, 0.29) is 12.1 Å². The topological polar surface area (TPSA) is 85.4 Å². The number of hydrogen-bond donors (Lipinski definition) is 1. The summed E-state index contributed by atoms with van der Waals surface area (Å²) >= 11 is 0. The van der Waals surface area contributed by atoms with Crippen molar-refractivity contribution in [1.29, 1.82) is 0 Å². The fourth-order valence-corrected chi connectivity index (χ4v) is 1.72. The molecule has 0 atom stereocenters. The van der Waals surface area contributed by atoms with Crippen LogP contribution in [0.4, 0.5) is 5.69 Å². The molecule has 1 N–H and O–H groups in total. The summed E-state index contributed by atoms with van der Waals surface area (Å²) in [6.45, 7) is 0. The van der Waals surface area contributed by atoms with Crippen molar-refractivity contribution >= 4 is 11.7 Å². The van der Waals surface area contributed by atoms with E-state index in [2.05, 4.69) is 0 Å². The lowest BCUT2D eigenvalue weighted by atomic mass is 10.2. The standard InChI is InChI=1S/C12H10N2O4/c15-12(16)8-10-5-2-6-13(10)9-3-1-4-11(7-9)14(17)18/h1-7H,8H2,(H,15,16). The Labute approximate surface area is 102 Å². The molecule has 0 unspecified atom stereocenters. The summed E-state index contributed by atoms with van der Waals surface area (Å²) in [7, 11) is 0. The van der Waals surface area contributed by atoms with Crippen molar-refractivity contribution in [2.45, 2.75) is 6.42 Å². The molecular formula is C12H10N2O4. The highest BCUT2D eigenvalue weighted by Gasteiger charge is 2.10. The maximum Gasteiger partial charge on any atom is 0.309 e. The molecule has 92 valence electrons.